The van der Waals surface area contributed by atoms with Crippen molar-refractivity contribution < 1.29 is 4.79 Å². The van der Waals surface area contributed by atoms with E-state index in [1.165, 1.54) is 10.2 Å². The van der Waals surface area contributed by atoms with Crippen LogP contribution in [0.25, 0.3) is 16.5 Å². The van der Waals surface area contributed by atoms with Gasteiger partial charge in [0, 0.05) is 23.3 Å². The summed E-state index contributed by atoms with van der Waals surface area (Å²) in [6, 6.07) is 17.0. The molecule has 1 atom stereocenters. The highest BCUT2D eigenvalue weighted by Crippen LogP contribution is 2.26. The first-order chi connectivity index (χ1) is 14.9. The number of aromatic nitrogens is 3. The lowest BCUT2D eigenvalue weighted by Crippen LogP contribution is -2.31. The molecule has 0 saturated heterocycles. The van der Waals surface area contributed by atoms with Gasteiger partial charge >= 0.3 is 0 Å². The van der Waals surface area contributed by atoms with Crippen LogP contribution in [0.15, 0.2) is 65.6 Å². The van der Waals surface area contributed by atoms with Crippen LogP contribution >= 0.6 is 0 Å². The molecule has 0 aliphatic carbocycles. The number of fused-ring (bicyclic) bond motifs is 1. The Morgan fingerprint density at radius 3 is 2.35 bits per heavy atom. The Bertz CT molecular complexity index is 1300. The second-order valence-electron chi connectivity index (χ2n) is 7.91. The van der Waals surface area contributed by atoms with Crippen molar-refractivity contribution >= 4 is 16.7 Å². The van der Waals surface area contributed by atoms with Gasteiger partial charge in [0.15, 0.2) is 0 Å². The van der Waals surface area contributed by atoms with Crippen molar-refractivity contribution in [3.05, 3.63) is 93.7 Å². The highest BCUT2D eigenvalue weighted by atomic mass is 16.2. The molecule has 0 radical (unpaired) electrons. The molecule has 0 spiro atoms. The topological polar surface area (TPSA) is 68.9 Å². The fourth-order valence-electron chi connectivity index (χ4n) is 4.07. The third kappa shape index (κ3) is 3.77. The van der Waals surface area contributed by atoms with Gasteiger partial charge in [-0.2, -0.15) is 9.78 Å². The SMILES string of the molecule is Cc1ccc(CNC(=O)[C@@H](C)n2c(C)c3cnn(-c4ccccc4)c(=O)c3c2C)cc1. The monoisotopic (exact) mass is 414 g/mol. The van der Waals surface area contributed by atoms with Crippen molar-refractivity contribution in [2.45, 2.75) is 40.3 Å². The Kier molecular flexibility index (Phi) is 5.46. The molecule has 1 amide bonds. The summed E-state index contributed by atoms with van der Waals surface area (Å²) in [4.78, 5) is 26.1. The minimum absolute atomic E-state index is 0.0941. The lowest BCUT2D eigenvalue weighted by atomic mass is 10.1. The molecule has 0 unspecified atom stereocenters. The molecule has 4 aromatic rings. The van der Waals surface area contributed by atoms with Crippen molar-refractivity contribution in [2.24, 2.45) is 0 Å². The van der Waals surface area contributed by atoms with Crippen LogP contribution in [0, 0.1) is 20.8 Å². The molecule has 6 nitrogen and oxygen atoms in total. The van der Waals surface area contributed by atoms with Gasteiger partial charge in [0.25, 0.3) is 5.56 Å². The molecule has 0 aliphatic heterocycles. The van der Waals surface area contributed by atoms with Gasteiger partial charge in [0.2, 0.25) is 5.91 Å². The second-order valence-corrected chi connectivity index (χ2v) is 7.91. The maximum absolute atomic E-state index is 13.2. The first-order valence-corrected chi connectivity index (χ1v) is 10.4. The van der Waals surface area contributed by atoms with Crippen molar-refractivity contribution in [1.82, 2.24) is 19.7 Å². The van der Waals surface area contributed by atoms with Gasteiger partial charge in [-0.25, -0.2) is 0 Å². The maximum Gasteiger partial charge on any atom is 0.281 e. The van der Waals surface area contributed by atoms with Crippen LogP contribution in [0.2, 0.25) is 0 Å². The third-order valence-corrected chi connectivity index (χ3v) is 5.81. The van der Waals surface area contributed by atoms with Crippen molar-refractivity contribution in [3.63, 3.8) is 0 Å². The summed E-state index contributed by atoms with van der Waals surface area (Å²) in [5.74, 6) is -0.0941. The first kappa shape index (κ1) is 20.6. The van der Waals surface area contributed by atoms with E-state index >= 15 is 0 Å². The van der Waals surface area contributed by atoms with E-state index in [1.54, 1.807) is 6.20 Å². The maximum atomic E-state index is 13.2. The predicted octanol–water partition coefficient (Wildman–Crippen LogP) is 3.99. The quantitative estimate of drug-likeness (QED) is 0.537. The summed E-state index contributed by atoms with van der Waals surface area (Å²) < 4.78 is 3.33. The number of para-hydroxylation sites is 1. The minimum Gasteiger partial charge on any atom is -0.350 e. The smallest absolute Gasteiger partial charge is 0.281 e. The third-order valence-electron chi connectivity index (χ3n) is 5.81. The van der Waals surface area contributed by atoms with Crippen molar-refractivity contribution in [1.29, 1.82) is 0 Å². The zero-order valence-corrected chi connectivity index (χ0v) is 18.2. The molecular weight excluding hydrogens is 388 g/mol. The normalized spacial score (nSPS) is 12.1. The van der Waals surface area contributed by atoms with Crippen molar-refractivity contribution in [3.8, 4) is 5.69 Å². The Labute approximate surface area is 181 Å². The number of amides is 1. The minimum atomic E-state index is -0.456. The summed E-state index contributed by atoms with van der Waals surface area (Å²) in [5.41, 5.74) is 4.38. The number of carbonyl (C=O) groups excluding carboxylic acids is 1. The van der Waals surface area contributed by atoms with Crippen LogP contribution in [0.3, 0.4) is 0 Å². The molecule has 0 saturated carbocycles. The Balaban J connectivity index is 1.67. The molecule has 0 bridgehead atoms. The van der Waals surface area contributed by atoms with Crippen LogP contribution in [0.5, 0.6) is 0 Å². The van der Waals surface area contributed by atoms with Gasteiger partial charge in [0.1, 0.15) is 6.04 Å². The van der Waals surface area contributed by atoms with E-state index in [0.717, 1.165) is 22.3 Å². The summed E-state index contributed by atoms with van der Waals surface area (Å²) in [5, 5.41) is 8.74. The van der Waals surface area contributed by atoms with Crippen LogP contribution in [-0.4, -0.2) is 20.3 Å². The van der Waals surface area contributed by atoms with Gasteiger partial charge in [-0.15, -0.1) is 0 Å². The van der Waals surface area contributed by atoms with E-state index in [1.807, 2.05) is 86.9 Å². The number of hydrogen-bond acceptors (Lipinski definition) is 3. The average molecular weight is 415 g/mol. The van der Waals surface area contributed by atoms with Gasteiger partial charge in [-0.3, -0.25) is 9.59 Å². The molecule has 2 heterocycles. The lowest BCUT2D eigenvalue weighted by Gasteiger charge is -2.18. The fourth-order valence-corrected chi connectivity index (χ4v) is 4.07. The van der Waals surface area contributed by atoms with E-state index in [-0.39, 0.29) is 11.5 Å². The lowest BCUT2D eigenvalue weighted by molar-refractivity contribution is -0.124. The Morgan fingerprint density at radius 1 is 1.00 bits per heavy atom. The van der Waals surface area contributed by atoms with Crippen molar-refractivity contribution in [2.75, 3.05) is 0 Å². The standard InChI is InChI=1S/C25H26N4O2/c1-16-10-12-20(13-11-16)14-26-24(30)19(4)28-17(2)22-15-27-29(21-8-6-5-7-9-21)25(31)23(22)18(28)3/h5-13,15,19H,14H2,1-4H3,(H,26,30)/t19-/m1/s1. The summed E-state index contributed by atoms with van der Waals surface area (Å²) in [6.45, 7) is 8.16. The molecule has 158 valence electrons. The number of rotatable bonds is 5. The summed E-state index contributed by atoms with van der Waals surface area (Å²) in [6.07, 6.45) is 1.71. The van der Waals surface area contributed by atoms with Crippen LogP contribution < -0.4 is 10.9 Å². The van der Waals surface area contributed by atoms with Gasteiger partial charge in [-0.1, -0.05) is 48.0 Å². The molecule has 2 aromatic carbocycles. The van der Waals surface area contributed by atoms with E-state index in [0.29, 0.717) is 17.6 Å². The Morgan fingerprint density at radius 2 is 1.68 bits per heavy atom. The molecule has 2 aromatic heterocycles. The molecular formula is C25H26N4O2. The van der Waals surface area contributed by atoms with Crippen LogP contribution in [-0.2, 0) is 11.3 Å². The van der Waals surface area contributed by atoms with Gasteiger partial charge in [0.05, 0.1) is 17.3 Å². The number of carbonyl (C=O) groups is 1. The largest absolute Gasteiger partial charge is 0.350 e. The molecule has 31 heavy (non-hydrogen) atoms. The molecule has 0 aliphatic rings. The van der Waals surface area contributed by atoms with E-state index in [4.69, 9.17) is 0 Å². The summed E-state index contributed by atoms with van der Waals surface area (Å²) >= 11 is 0. The zero-order chi connectivity index (χ0) is 22.1. The number of aryl methyl sites for hydroxylation is 3. The number of nitrogens with one attached hydrogen (secondary N) is 1. The van der Waals surface area contributed by atoms with Crippen LogP contribution in [0.1, 0.15) is 35.5 Å². The molecule has 0 fully saturated rings. The summed E-state index contributed by atoms with van der Waals surface area (Å²) in [7, 11) is 0. The fraction of sp³-hybridized carbons (Fsp3) is 0.240. The first-order valence-electron chi connectivity index (χ1n) is 10.4. The molecule has 4 rings (SSSR count). The highest BCUT2D eigenvalue weighted by molar-refractivity contribution is 5.89. The van der Waals surface area contributed by atoms with E-state index in [2.05, 4.69) is 10.4 Å². The van der Waals surface area contributed by atoms with E-state index < -0.39 is 6.04 Å². The van der Waals surface area contributed by atoms with Gasteiger partial charge in [-0.05, 0) is 45.4 Å². The zero-order valence-electron chi connectivity index (χ0n) is 18.2. The number of benzene rings is 2. The second kappa shape index (κ2) is 8.22. The predicted molar refractivity (Wildman–Crippen MR) is 123 cm³/mol. The van der Waals surface area contributed by atoms with Gasteiger partial charge < -0.3 is 9.88 Å². The molecule has 1 N–H and O–H groups in total. The van der Waals surface area contributed by atoms with E-state index in [9.17, 15) is 9.59 Å². The van der Waals surface area contributed by atoms with Crippen LogP contribution in [0.4, 0.5) is 0 Å². The number of nitrogens with zero attached hydrogens (tertiary/aromatic N) is 3. The Hall–Kier alpha value is -3.67. The molecule has 6 heteroatoms. The highest BCUT2D eigenvalue weighted by Gasteiger charge is 2.23. The number of hydrogen-bond donors (Lipinski definition) is 1. The average Bonchev–Trinajstić information content (AvgIpc) is 3.04.